The van der Waals surface area contributed by atoms with E-state index in [0.717, 1.165) is 10.8 Å². The Morgan fingerprint density at radius 3 is 2.36 bits per heavy atom. The van der Waals surface area contributed by atoms with Gasteiger partial charge in [0, 0.05) is 11.9 Å². The first kappa shape index (κ1) is 8.53. The molecule has 11 heavy (non-hydrogen) atoms. The molecule has 0 unspecified atom stereocenters. The summed E-state index contributed by atoms with van der Waals surface area (Å²) in [5, 5.41) is 4.07. The number of hydrogen-bond donors (Lipinski definition) is 1. The Kier molecular flexibility index (Phi) is 2.49. The maximum absolute atomic E-state index is 4.36. The first-order chi connectivity index (χ1) is 5.15. The molecule has 0 aliphatic carbocycles. The molecule has 62 valence electrons. The Bertz CT molecular complexity index is 240. The SMILES string of the molecule is CNc1nc(C)c(C(C)C)s1. The van der Waals surface area contributed by atoms with E-state index in [9.17, 15) is 0 Å². The van der Waals surface area contributed by atoms with Crippen LogP contribution in [0.1, 0.15) is 30.3 Å². The fourth-order valence-corrected chi connectivity index (χ4v) is 1.97. The number of thiazole rings is 1. The van der Waals surface area contributed by atoms with Gasteiger partial charge in [0.15, 0.2) is 5.13 Å². The summed E-state index contributed by atoms with van der Waals surface area (Å²) in [6.07, 6.45) is 0. The highest BCUT2D eigenvalue weighted by atomic mass is 32.1. The topological polar surface area (TPSA) is 24.9 Å². The van der Waals surface area contributed by atoms with E-state index in [-0.39, 0.29) is 0 Å². The maximum Gasteiger partial charge on any atom is 0.182 e. The van der Waals surface area contributed by atoms with Crippen molar-refractivity contribution < 1.29 is 0 Å². The second-order valence-electron chi connectivity index (χ2n) is 2.87. The highest BCUT2D eigenvalue weighted by molar-refractivity contribution is 7.15. The lowest BCUT2D eigenvalue weighted by Crippen LogP contribution is -1.86. The molecule has 2 nitrogen and oxygen atoms in total. The molecule has 0 spiro atoms. The van der Waals surface area contributed by atoms with Crippen molar-refractivity contribution in [2.75, 3.05) is 12.4 Å². The summed E-state index contributed by atoms with van der Waals surface area (Å²) >= 11 is 1.75. The zero-order chi connectivity index (χ0) is 8.43. The number of rotatable bonds is 2. The average Bonchev–Trinajstić information content (AvgIpc) is 2.30. The molecule has 0 aliphatic rings. The molecule has 0 aliphatic heterocycles. The largest absolute Gasteiger partial charge is 0.365 e. The van der Waals surface area contributed by atoms with Gasteiger partial charge >= 0.3 is 0 Å². The number of nitrogens with one attached hydrogen (secondary N) is 1. The van der Waals surface area contributed by atoms with Crippen molar-refractivity contribution in [3.05, 3.63) is 10.6 Å². The molecule has 0 atom stereocenters. The van der Waals surface area contributed by atoms with Crippen LogP contribution in [0.15, 0.2) is 0 Å². The van der Waals surface area contributed by atoms with Crippen molar-refractivity contribution in [2.45, 2.75) is 26.7 Å². The van der Waals surface area contributed by atoms with Crippen LogP contribution in [0.3, 0.4) is 0 Å². The van der Waals surface area contributed by atoms with E-state index in [4.69, 9.17) is 0 Å². The zero-order valence-corrected chi connectivity index (χ0v) is 8.25. The monoisotopic (exact) mass is 170 g/mol. The minimum absolute atomic E-state index is 0.592. The molecular formula is C8H14N2S. The van der Waals surface area contributed by atoms with Crippen LogP contribution < -0.4 is 5.32 Å². The number of anilines is 1. The third kappa shape index (κ3) is 1.71. The molecule has 1 aromatic rings. The summed E-state index contributed by atoms with van der Waals surface area (Å²) in [6.45, 7) is 6.45. The lowest BCUT2D eigenvalue weighted by Gasteiger charge is -1.98. The van der Waals surface area contributed by atoms with Crippen molar-refractivity contribution in [1.29, 1.82) is 0 Å². The van der Waals surface area contributed by atoms with Crippen LogP contribution in [-0.2, 0) is 0 Å². The van der Waals surface area contributed by atoms with Crippen molar-refractivity contribution in [1.82, 2.24) is 4.98 Å². The Hall–Kier alpha value is -0.570. The van der Waals surface area contributed by atoms with E-state index < -0.39 is 0 Å². The number of nitrogens with zero attached hydrogens (tertiary/aromatic N) is 1. The van der Waals surface area contributed by atoms with Gasteiger partial charge in [-0.1, -0.05) is 13.8 Å². The maximum atomic E-state index is 4.36. The molecule has 3 heteroatoms. The van der Waals surface area contributed by atoms with Gasteiger partial charge < -0.3 is 5.32 Å². The minimum atomic E-state index is 0.592. The van der Waals surface area contributed by atoms with Crippen LogP contribution >= 0.6 is 11.3 Å². The molecule has 0 saturated heterocycles. The molecule has 0 bridgehead atoms. The Morgan fingerprint density at radius 2 is 2.09 bits per heavy atom. The first-order valence-electron chi connectivity index (χ1n) is 3.80. The van der Waals surface area contributed by atoms with Crippen LogP contribution in [-0.4, -0.2) is 12.0 Å². The molecule has 1 aromatic heterocycles. The van der Waals surface area contributed by atoms with Crippen LogP contribution in [0.4, 0.5) is 5.13 Å². The smallest absolute Gasteiger partial charge is 0.182 e. The second-order valence-corrected chi connectivity index (χ2v) is 3.90. The second kappa shape index (κ2) is 3.22. The molecule has 0 radical (unpaired) electrons. The van der Waals surface area contributed by atoms with Crippen molar-refractivity contribution in [3.8, 4) is 0 Å². The Morgan fingerprint density at radius 1 is 1.45 bits per heavy atom. The third-order valence-corrected chi connectivity index (χ3v) is 3.05. The highest BCUT2D eigenvalue weighted by Gasteiger charge is 2.08. The van der Waals surface area contributed by atoms with Crippen LogP contribution in [0.2, 0.25) is 0 Å². The van der Waals surface area contributed by atoms with E-state index in [0.29, 0.717) is 5.92 Å². The third-order valence-electron chi connectivity index (χ3n) is 1.57. The quantitative estimate of drug-likeness (QED) is 0.738. The lowest BCUT2D eigenvalue weighted by atomic mass is 10.1. The summed E-state index contributed by atoms with van der Waals surface area (Å²) in [5.74, 6) is 0.592. The molecule has 0 saturated carbocycles. The van der Waals surface area contributed by atoms with Crippen LogP contribution in [0, 0.1) is 6.92 Å². The molecule has 1 rings (SSSR count). The molecule has 1 heterocycles. The number of hydrogen-bond acceptors (Lipinski definition) is 3. The van der Waals surface area contributed by atoms with E-state index in [1.165, 1.54) is 4.88 Å². The summed E-state index contributed by atoms with van der Waals surface area (Å²) in [5.41, 5.74) is 1.16. The summed E-state index contributed by atoms with van der Waals surface area (Å²) < 4.78 is 0. The summed E-state index contributed by atoms with van der Waals surface area (Å²) in [4.78, 5) is 5.74. The van der Waals surface area contributed by atoms with Gasteiger partial charge in [0.1, 0.15) is 0 Å². The predicted molar refractivity (Wildman–Crippen MR) is 50.5 cm³/mol. The zero-order valence-electron chi connectivity index (χ0n) is 7.43. The van der Waals surface area contributed by atoms with Gasteiger partial charge in [0.05, 0.1) is 5.69 Å². The fraction of sp³-hybridized carbons (Fsp3) is 0.625. The molecular weight excluding hydrogens is 156 g/mol. The van der Waals surface area contributed by atoms with Crippen LogP contribution in [0.5, 0.6) is 0 Å². The Labute approximate surface area is 71.7 Å². The molecule has 0 fully saturated rings. The average molecular weight is 170 g/mol. The van der Waals surface area contributed by atoms with Gasteiger partial charge in [-0.3, -0.25) is 0 Å². The summed E-state index contributed by atoms with van der Waals surface area (Å²) in [7, 11) is 1.91. The number of aryl methyl sites for hydroxylation is 1. The van der Waals surface area contributed by atoms with E-state index in [2.05, 4.69) is 31.1 Å². The van der Waals surface area contributed by atoms with E-state index in [1.807, 2.05) is 7.05 Å². The minimum Gasteiger partial charge on any atom is -0.365 e. The lowest BCUT2D eigenvalue weighted by molar-refractivity contribution is 0.873. The highest BCUT2D eigenvalue weighted by Crippen LogP contribution is 2.28. The van der Waals surface area contributed by atoms with Gasteiger partial charge in [-0.2, -0.15) is 0 Å². The van der Waals surface area contributed by atoms with Gasteiger partial charge in [0.2, 0.25) is 0 Å². The fourth-order valence-electron chi connectivity index (χ4n) is 1.05. The van der Waals surface area contributed by atoms with Gasteiger partial charge in [-0.05, 0) is 12.8 Å². The van der Waals surface area contributed by atoms with Gasteiger partial charge in [0.25, 0.3) is 0 Å². The summed E-state index contributed by atoms with van der Waals surface area (Å²) in [6, 6.07) is 0. The number of aromatic nitrogens is 1. The van der Waals surface area contributed by atoms with E-state index >= 15 is 0 Å². The molecule has 1 N–H and O–H groups in total. The first-order valence-corrected chi connectivity index (χ1v) is 4.62. The van der Waals surface area contributed by atoms with Gasteiger partial charge in [-0.25, -0.2) is 4.98 Å². The molecule has 0 amide bonds. The van der Waals surface area contributed by atoms with Crippen LogP contribution in [0.25, 0.3) is 0 Å². The van der Waals surface area contributed by atoms with Gasteiger partial charge in [-0.15, -0.1) is 11.3 Å². The normalized spacial score (nSPS) is 10.6. The van der Waals surface area contributed by atoms with Crippen molar-refractivity contribution >= 4 is 16.5 Å². The van der Waals surface area contributed by atoms with Crippen molar-refractivity contribution in [2.24, 2.45) is 0 Å². The molecule has 0 aromatic carbocycles. The standard InChI is InChI=1S/C8H14N2S/c1-5(2)7-6(3)10-8(9-4)11-7/h5H,1-4H3,(H,9,10). The van der Waals surface area contributed by atoms with Crippen molar-refractivity contribution in [3.63, 3.8) is 0 Å². The Balaban J connectivity index is 2.97. The predicted octanol–water partition coefficient (Wildman–Crippen LogP) is 2.62. The van der Waals surface area contributed by atoms with E-state index in [1.54, 1.807) is 11.3 Å².